The van der Waals surface area contributed by atoms with Crippen molar-refractivity contribution < 1.29 is 4.79 Å². The van der Waals surface area contributed by atoms with E-state index in [0.717, 1.165) is 28.8 Å². The molecule has 122 valence electrons. The second kappa shape index (κ2) is 8.14. The zero-order valence-electron chi connectivity index (χ0n) is 13.8. The summed E-state index contributed by atoms with van der Waals surface area (Å²) in [5.74, 6) is -0.0326. The van der Waals surface area contributed by atoms with Gasteiger partial charge in [0.2, 0.25) is 5.91 Å². The predicted octanol–water partition coefficient (Wildman–Crippen LogP) is 4.50. The van der Waals surface area contributed by atoms with Crippen molar-refractivity contribution in [2.45, 2.75) is 33.2 Å². The normalized spacial score (nSPS) is 12.0. The first kappa shape index (κ1) is 17.5. The van der Waals surface area contributed by atoms with Crippen LogP contribution in [-0.4, -0.2) is 12.5 Å². The maximum absolute atomic E-state index is 12.2. The van der Waals surface area contributed by atoms with E-state index in [1.54, 1.807) is 0 Å². The average molecular weight is 331 g/mol. The quantitative estimate of drug-likeness (QED) is 0.818. The Kier molecular flexibility index (Phi) is 6.20. The van der Waals surface area contributed by atoms with Crippen LogP contribution >= 0.6 is 11.6 Å². The number of carbonyl (C=O) groups is 1. The molecule has 23 heavy (non-hydrogen) atoms. The highest BCUT2D eigenvalue weighted by atomic mass is 35.5. The van der Waals surface area contributed by atoms with E-state index >= 15 is 0 Å². The maximum Gasteiger partial charge on any atom is 0.238 e. The number of benzene rings is 2. The first-order valence-electron chi connectivity index (χ1n) is 7.88. The summed E-state index contributed by atoms with van der Waals surface area (Å²) in [5, 5.41) is 6.98. The molecular weight excluding hydrogens is 308 g/mol. The molecule has 1 amide bonds. The fourth-order valence-electron chi connectivity index (χ4n) is 2.50. The van der Waals surface area contributed by atoms with E-state index in [1.165, 1.54) is 0 Å². The third-order valence-corrected chi connectivity index (χ3v) is 4.20. The lowest BCUT2D eigenvalue weighted by atomic mass is 10.1. The second-order valence-corrected chi connectivity index (χ2v) is 6.10. The van der Waals surface area contributed by atoms with Gasteiger partial charge in [-0.05, 0) is 49.1 Å². The fourth-order valence-corrected chi connectivity index (χ4v) is 2.63. The molecule has 0 bridgehead atoms. The summed E-state index contributed by atoms with van der Waals surface area (Å²) < 4.78 is 0. The molecule has 0 heterocycles. The lowest BCUT2D eigenvalue weighted by Crippen LogP contribution is -2.30. The van der Waals surface area contributed by atoms with Gasteiger partial charge in [0, 0.05) is 16.8 Å². The van der Waals surface area contributed by atoms with Gasteiger partial charge in [0.25, 0.3) is 0 Å². The van der Waals surface area contributed by atoms with E-state index in [-0.39, 0.29) is 18.5 Å². The predicted molar refractivity (Wildman–Crippen MR) is 97.1 cm³/mol. The molecule has 3 nitrogen and oxygen atoms in total. The van der Waals surface area contributed by atoms with Crippen molar-refractivity contribution in [2.24, 2.45) is 0 Å². The SMILES string of the molecule is CCc1cccc(C)c1NC(=O)CN[C@@H](C)c1ccc(Cl)cc1. The Morgan fingerprint density at radius 2 is 1.87 bits per heavy atom. The molecule has 0 fully saturated rings. The van der Waals surface area contributed by atoms with E-state index in [4.69, 9.17) is 11.6 Å². The molecule has 0 radical (unpaired) electrons. The standard InChI is InChI=1S/C19H23ClN2O/c1-4-15-7-5-6-13(2)19(15)22-18(23)12-21-14(3)16-8-10-17(20)11-9-16/h5-11,14,21H,4,12H2,1-3H3,(H,22,23)/t14-/m0/s1. The van der Waals surface area contributed by atoms with Crippen molar-refractivity contribution in [1.29, 1.82) is 0 Å². The molecule has 1 atom stereocenters. The molecule has 2 rings (SSSR count). The molecule has 0 saturated heterocycles. The monoisotopic (exact) mass is 330 g/mol. The average Bonchev–Trinajstić information content (AvgIpc) is 2.55. The number of amides is 1. The van der Waals surface area contributed by atoms with Gasteiger partial charge in [0.15, 0.2) is 0 Å². The van der Waals surface area contributed by atoms with Gasteiger partial charge in [-0.25, -0.2) is 0 Å². The van der Waals surface area contributed by atoms with Gasteiger partial charge in [-0.1, -0.05) is 48.9 Å². The Morgan fingerprint density at radius 3 is 2.52 bits per heavy atom. The van der Waals surface area contributed by atoms with E-state index in [9.17, 15) is 4.79 Å². The van der Waals surface area contributed by atoms with Gasteiger partial charge < -0.3 is 10.6 Å². The summed E-state index contributed by atoms with van der Waals surface area (Å²) in [4.78, 5) is 12.2. The molecule has 0 unspecified atom stereocenters. The highest BCUT2D eigenvalue weighted by molar-refractivity contribution is 6.30. The minimum Gasteiger partial charge on any atom is -0.324 e. The van der Waals surface area contributed by atoms with Crippen LogP contribution in [0.2, 0.25) is 5.02 Å². The van der Waals surface area contributed by atoms with E-state index in [1.807, 2.05) is 56.3 Å². The fraction of sp³-hybridized carbons (Fsp3) is 0.316. The van der Waals surface area contributed by atoms with Crippen LogP contribution in [0.4, 0.5) is 5.69 Å². The number of nitrogens with one attached hydrogen (secondary N) is 2. The third-order valence-electron chi connectivity index (χ3n) is 3.94. The van der Waals surface area contributed by atoms with E-state index < -0.39 is 0 Å². The van der Waals surface area contributed by atoms with Crippen LogP contribution < -0.4 is 10.6 Å². The Bertz CT molecular complexity index is 668. The molecule has 0 aliphatic heterocycles. The van der Waals surface area contributed by atoms with Crippen LogP contribution in [0.5, 0.6) is 0 Å². The van der Waals surface area contributed by atoms with Gasteiger partial charge in [-0.15, -0.1) is 0 Å². The number of hydrogen-bond donors (Lipinski definition) is 2. The van der Waals surface area contributed by atoms with Crippen molar-refractivity contribution in [3.05, 3.63) is 64.2 Å². The first-order valence-corrected chi connectivity index (χ1v) is 8.26. The van der Waals surface area contributed by atoms with Gasteiger partial charge in [-0.2, -0.15) is 0 Å². The first-order chi connectivity index (χ1) is 11.0. The molecular formula is C19H23ClN2O. The second-order valence-electron chi connectivity index (χ2n) is 5.66. The Labute approximate surface area is 143 Å². The minimum atomic E-state index is -0.0326. The molecule has 2 aromatic carbocycles. The number of para-hydroxylation sites is 1. The van der Waals surface area contributed by atoms with Gasteiger partial charge in [0.1, 0.15) is 0 Å². The zero-order valence-corrected chi connectivity index (χ0v) is 14.6. The summed E-state index contributed by atoms with van der Waals surface area (Å²) in [6, 6.07) is 13.8. The van der Waals surface area contributed by atoms with E-state index in [2.05, 4.69) is 17.6 Å². The number of rotatable bonds is 6. The van der Waals surface area contributed by atoms with Crippen molar-refractivity contribution in [2.75, 3.05) is 11.9 Å². The lowest BCUT2D eigenvalue weighted by Gasteiger charge is -2.16. The largest absolute Gasteiger partial charge is 0.324 e. The summed E-state index contributed by atoms with van der Waals surface area (Å²) >= 11 is 5.89. The Balaban J connectivity index is 1.94. The van der Waals surface area contributed by atoms with Gasteiger partial charge >= 0.3 is 0 Å². The molecule has 2 aromatic rings. The van der Waals surface area contributed by atoms with Crippen LogP contribution in [0.1, 0.15) is 36.6 Å². The van der Waals surface area contributed by atoms with E-state index in [0.29, 0.717) is 5.02 Å². The summed E-state index contributed by atoms with van der Waals surface area (Å²) in [7, 11) is 0. The van der Waals surface area contributed by atoms with Crippen LogP contribution in [0.3, 0.4) is 0 Å². The maximum atomic E-state index is 12.2. The highest BCUT2D eigenvalue weighted by Crippen LogP contribution is 2.21. The zero-order chi connectivity index (χ0) is 16.8. The van der Waals surface area contributed by atoms with Gasteiger partial charge in [-0.3, -0.25) is 4.79 Å². The molecule has 4 heteroatoms. The smallest absolute Gasteiger partial charge is 0.238 e. The molecule has 0 aliphatic rings. The van der Waals surface area contributed by atoms with Crippen molar-refractivity contribution >= 4 is 23.2 Å². The Hall–Kier alpha value is -1.84. The number of aryl methyl sites for hydroxylation is 2. The third kappa shape index (κ3) is 4.81. The highest BCUT2D eigenvalue weighted by Gasteiger charge is 2.11. The van der Waals surface area contributed by atoms with Crippen molar-refractivity contribution in [3.8, 4) is 0 Å². The minimum absolute atomic E-state index is 0.0326. The van der Waals surface area contributed by atoms with Crippen LogP contribution in [0.15, 0.2) is 42.5 Å². The van der Waals surface area contributed by atoms with Gasteiger partial charge in [0.05, 0.1) is 6.54 Å². The summed E-state index contributed by atoms with van der Waals surface area (Å²) in [6.07, 6.45) is 0.895. The van der Waals surface area contributed by atoms with Crippen LogP contribution in [0, 0.1) is 6.92 Å². The topological polar surface area (TPSA) is 41.1 Å². The molecule has 0 aromatic heterocycles. The molecule has 0 spiro atoms. The Morgan fingerprint density at radius 1 is 1.17 bits per heavy atom. The molecule has 0 saturated carbocycles. The number of carbonyl (C=O) groups excluding carboxylic acids is 1. The van der Waals surface area contributed by atoms with Crippen molar-refractivity contribution in [1.82, 2.24) is 5.32 Å². The van der Waals surface area contributed by atoms with Crippen molar-refractivity contribution in [3.63, 3.8) is 0 Å². The van der Waals surface area contributed by atoms with Crippen LogP contribution in [-0.2, 0) is 11.2 Å². The number of halogens is 1. The molecule has 2 N–H and O–H groups in total. The summed E-state index contributed by atoms with van der Waals surface area (Å²) in [5.41, 5.74) is 4.28. The molecule has 0 aliphatic carbocycles. The number of hydrogen-bond acceptors (Lipinski definition) is 2. The summed E-state index contributed by atoms with van der Waals surface area (Å²) in [6.45, 7) is 6.40. The van der Waals surface area contributed by atoms with Crippen LogP contribution in [0.25, 0.3) is 0 Å². The lowest BCUT2D eigenvalue weighted by molar-refractivity contribution is -0.115. The number of anilines is 1.